The number of nitrogens with zero attached hydrogens (tertiary/aromatic N) is 3. The minimum absolute atomic E-state index is 0.0699. The summed E-state index contributed by atoms with van der Waals surface area (Å²) in [6.45, 7) is 2.48. The van der Waals surface area contributed by atoms with Gasteiger partial charge in [0.15, 0.2) is 0 Å². The number of benzene rings is 1. The van der Waals surface area contributed by atoms with Crippen LogP contribution in [0.15, 0.2) is 35.3 Å². The molecule has 1 aromatic carbocycles. The van der Waals surface area contributed by atoms with Crippen LogP contribution in [-0.2, 0) is 6.54 Å². The zero-order valence-corrected chi connectivity index (χ0v) is 13.7. The molecule has 0 unspecified atom stereocenters. The van der Waals surface area contributed by atoms with Crippen LogP contribution >= 0.6 is 0 Å². The van der Waals surface area contributed by atoms with E-state index in [9.17, 15) is 9.59 Å². The van der Waals surface area contributed by atoms with Crippen LogP contribution in [0, 0.1) is 0 Å². The van der Waals surface area contributed by atoms with Crippen molar-refractivity contribution in [3.63, 3.8) is 0 Å². The number of aromatic nitrogens is 3. The molecule has 0 radical (unpaired) electrons. The molecule has 6 heteroatoms. The van der Waals surface area contributed by atoms with E-state index in [0.29, 0.717) is 17.6 Å². The molecule has 1 N–H and O–H groups in total. The van der Waals surface area contributed by atoms with E-state index in [2.05, 4.69) is 10.4 Å². The highest BCUT2D eigenvalue weighted by molar-refractivity contribution is 5.97. The molecule has 3 aromatic rings. The van der Waals surface area contributed by atoms with E-state index in [1.165, 1.54) is 12.8 Å². The van der Waals surface area contributed by atoms with Gasteiger partial charge in [0.05, 0.1) is 17.2 Å². The molecule has 0 bridgehead atoms. The van der Waals surface area contributed by atoms with Gasteiger partial charge in [0.2, 0.25) is 0 Å². The predicted molar refractivity (Wildman–Crippen MR) is 92.4 cm³/mol. The quantitative estimate of drug-likeness (QED) is 0.804. The van der Waals surface area contributed by atoms with E-state index in [-0.39, 0.29) is 17.5 Å². The fraction of sp³-hybridized carbons (Fsp3) is 0.389. The molecule has 1 aliphatic rings. The van der Waals surface area contributed by atoms with Crippen molar-refractivity contribution in [2.45, 2.75) is 45.2 Å². The lowest BCUT2D eigenvalue weighted by Crippen LogP contribution is -2.32. The molecule has 4 rings (SSSR count). The first kappa shape index (κ1) is 14.9. The first-order valence-corrected chi connectivity index (χ1v) is 8.50. The lowest BCUT2D eigenvalue weighted by Gasteiger charge is -2.14. The summed E-state index contributed by atoms with van der Waals surface area (Å²) >= 11 is 0. The van der Waals surface area contributed by atoms with Gasteiger partial charge in [-0.15, -0.1) is 0 Å². The number of amides is 1. The largest absolute Gasteiger partial charge is 0.349 e. The van der Waals surface area contributed by atoms with E-state index < -0.39 is 0 Å². The summed E-state index contributed by atoms with van der Waals surface area (Å²) in [4.78, 5) is 25.1. The van der Waals surface area contributed by atoms with E-state index in [1.807, 2.05) is 13.0 Å². The Bertz CT molecular complexity index is 980. The van der Waals surface area contributed by atoms with Crippen LogP contribution in [0.2, 0.25) is 0 Å². The Morgan fingerprint density at radius 1 is 1.21 bits per heavy atom. The van der Waals surface area contributed by atoms with Gasteiger partial charge in [-0.2, -0.15) is 5.10 Å². The van der Waals surface area contributed by atoms with Gasteiger partial charge in [-0.05, 0) is 44.0 Å². The number of carbonyl (C=O) groups is 1. The SMILES string of the molecule is CCn1c(=O)c2ccnn2c2ccc(C(=O)NC3CCCC3)cc21. The van der Waals surface area contributed by atoms with Crippen molar-refractivity contribution < 1.29 is 4.79 Å². The molecule has 6 nitrogen and oxygen atoms in total. The smallest absolute Gasteiger partial charge is 0.277 e. The fourth-order valence-corrected chi connectivity index (χ4v) is 3.62. The summed E-state index contributed by atoms with van der Waals surface area (Å²) in [6.07, 6.45) is 6.07. The molecule has 124 valence electrons. The third-order valence-electron chi connectivity index (χ3n) is 4.87. The van der Waals surface area contributed by atoms with Crippen molar-refractivity contribution in [2.24, 2.45) is 0 Å². The Labute approximate surface area is 139 Å². The lowest BCUT2D eigenvalue weighted by molar-refractivity contribution is 0.0938. The molecule has 0 spiro atoms. The van der Waals surface area contributed by atoms with E-state index in [1.54, 1.807) is 33.5 Å². The first-order chi connectivity index (χ1) is 11.7. The molecule has 24 heavy (non-hydrogen) atoms. The molecule has 0 aliphatic heterocycles. The minimum atomic E-state index is -0.0872. The topological polar surface area (TPSA) is 68.4 Å². The van der Waals surface area contributed by atoms with Crippen LogP contribution < -0.4 is 10.9 Å². The maximum absolute atomic E-state index is 12.6. The Morgan fingerprint density at radius 3 is 2.75 bits per heavy atom. The van der Waals surface area contributed by atoms with E-state index >= 15 is 0 Å². The Kier molecular flexibility index (Phi) is 3.59. The van der Waals surface area contributed by atoms with Crippen molar-refractivity contribution in [1.29, 1.82) is 0 Å². The summed E-state index contributed by atoms with van der Waals surface area (Å²) in [5.41, 5.74) is 2.61. The molecule has 2 aromatic heterocycles. The Balaban J connectivity index is 1.83. The van der Waals surface area contributed by atoms with Crippen molar-refractivity contribution in [1.82, 2.24) is 19.5 Å². The average molecular weight is 324 g/mol. The third-order valence-corrected chi connectivity index (χ3v) is 4.87. The number of nitrogens with one attached hydrogen (secondary N) is 1. The summed E-state index contributed by atoms with van der Waals surface area (Å²) in [5.74, 6) is -0.0699. The van der Waals surface area contributed by atoms with Crippen LogP contribution in [0.4, 0.5) is 0 Å². The number of carbonyl (C=O) groups excluding carboxylic acids is 1. The van der Waals surface area contributed by atoms with Crippen molar-refractivity contribution in [2.75, 3.05) is 0 Å². The van der Waals surface area contributed by atoms with Gasteiger partial charge < -0.3 is 9.88 Å². The highest BCUT2D eigenvalue weighted by Crippen LogP contribution is 2.20. The zero-order chi connectivity index (χ0) is 16.7. The zero-order valence-electron chi connectivity index (χ0n) is 13.7. The molecule has 1 saturated carbocycles. The van der Waals surface area contributed by atoms with Crippen molar-refractivity contribution in [3.05, 3.63) is 46.4 Å². The number of hydrogen-bond donors (Lipinski definition) is 1. The van der Waals surface area contributed by atoms with Gasteiger partial charge in [0, 0.05) is 18.2 Å². The third kappa shape index (κ3) is 2.29. The van der Waals surface area contributed by atoms with Gasteiger partial charge in [0.1, 0.15) is 5.52 Å². The van der Waals surface area contributed by atoms with Crippen LogP contribution in [0.1, 0.15) is 43.0 Å². The predicted octanol–water partition coefficient (Wildman–Crippen LogP) is 2.34. The maximum atomic E-state index is 12.6. The maximum Gasteiger partial charge on any atom is 0.277 e. The summed E-state index contributed by atoms with van der Waals surface area (Å²) < 4.78 is 3.33. The van der Waals surface area contributed by atoms with Crippen LogP contribution in [0.25, 0.3) is 16.6 Å². The summed E-state index contributed by atoms with van der Waals surface area (Å²) in [7, 11) is 0. The molecular weight excluding hydrogens is 304 g/mol. The second-order valence-electron chi connectivity index (χ2n) is 6.34. The second-order valence-corrected chi connectivity index (χ2v) is 6.34. The fourth-order valence-electron chi connectivity index (χ4n) is 3.62. The highest BCUT2D eigenvalue weighted by Gasteiger charge is 2.19. The number of fused-ring (bicyclic) bond motifs is 3. The van der Waals surface area contributed by atoms with E-state index in [0.717, 1.165) is 23.9 Å². The summed E-state index contributed by atoms with van der Waals surface area (Å²) in [5, 5.41) is 7.34. The van der Waals surface area contributed by atoms with Crippen molar-refractivity contribution in [3.8, 4) is 0 Å². The Morgan fingerprint density at radius 2 is 2.00 bits per heavy atom. The number of aryl methyl sites for hydroxylation is 1. The first-order valence-electron chi connectivity index (χ1n) is 8.50. The minimum Gasteiger partial charge on any atom is -0.349 e. The molecule has 0 atom stereocenters. The molecule has 2 heterocycles. The van der Waals surface area contributed by atoms with Gasteiger partial charge >= 0.3 is 0 Å². The highest BCUT2D eigenvalue weighted by atomic mass is 16.1. The van der Waals surface area contributed by atoms with Crippen LogP contribution in [0.3, 0.4) is 0 Å². The number of rotatable bonds is 3. The van der Waals surface area contributed by atoms with Crippen molar-refractivity contribution >= 4 is 22.5 Å². The van der Waals surface area contributed by atoms with Gasteiger partial charge in [0.25, 0.3) is 11.5 Å². The Hall–Kier alpha value is -2.63. The molecule has 0 saturated heterocycles. The second kappa shape index (κ2) is 5.78. The van der Waals surface area contributed by atoms with Gasteiger partial charge in [-0.3, -0.25) is 9.59 Å². The van der Waals surface area contributed by atoms with Crippen LogP contribution in [-0.4, -0.2) is 26.1 Å². The molecule has 1 aliphatic carbocycles. The summed E-state index contributed by atoms with van der Waals surface area (Å²) in [6, 6.07) is 7.46. The van der Waals surface area contributed by atoms with E-state index in [4.69, 9.17) is 0 Å². The molecular formula is C18H20N4O2. The van der Waals surface area contributed by atoms with Gasteiger partial charge in [-0.25, -0.2) is 4.52 Å². The number of hydrogen-bond acceptors (Lipinski definition) is 3. The normalized spacial score (nSPS) is 15.4. The lowest BCUT2D eigenvalue weighted by atomic mass is 10.1. The van der Waals surface area contributed by atoms with Gasteiger partial charge in [-0.1, -0.05) is 12.8 Å². The van der Waals surface area contributed by atoms with Crippen LogP contribution in [0.5, 0.6) is 0 Å². The molecule has 1 fully saturated rings. The monoisotopic (exact) mass is 324 g/mol. The molecule has 1 amide bonds. The standard InChI is InChI=1S/C18H20N4O2/c1-2-21-16-11-12(17(23)20-13-5-3-4-6-13)7-8-14(16)22-15(18(21)24)9-10-19-22/h7-11,13H,2-6H2,1H3,(H,20,23). The average Bonchev–Trinajstić information content (AvgIpc) is 3.26.